The van der Waals surface area contributed by atoms with E-state index in [1.807, 2.05) is 0 Å². The summed E-state index contributed by atoms with van der Waals surface area (Å²) in [4.78, 5) is 27.8. The maximum absolute atomic E-state index is 11.1. The molecule has 0 amide bonds. The summed E-state index contributed by atoms with van der Waals surface area (Å²) in [5, 5.41) is 0. The van der Waals surface area contributed by atoms with E-state index >= 15 is 0 Å². The summed E-state index contributed by atoms with van der Waals surface area (Å²) in [5.74, 6) is 0. The van der Waals surface area contributed by atoms with E-state index < -0.39 is 15.7 Å². The van der Waals surface area contributed by atoms with Gasteiger partial charge in [-0.05, 0) is 0 Å². The third-order valence-corrected chi connectivity index (χ3v) is 1.78. The van der Waals surface area contributed by atoms with E-state index in [-0.39, 0.29) is 67.3 Å². The Labute approximate surface area is 114 Å². The van der Waals surface area contributed by atoms with Crippen molar-refractivity contribution in [2.75, 3.05) is 0 Å². The molecule has 0 saturated carbocycles. The summed E-state index contributed by atoms with van der Waals surface area (Å²) in [7, 11) is -11.7. The monoisotopic (exact) mass is 240 g/mol. The van der Waals surface area contributed by atoms with E-state index in [4.69, 9.17) is 0 Å². The molecule has 1 unspecified atom stereocenters. The Morgan fingerprint density at radius 2 is 1.45 bits per heavy atom. The van der Waals surface area contributed by atoms with Crippen LogP contribution in [0, 0.1) is 0 Å². The summed E-state index contributed by atoms with van der Waals surface area (Å²) in [6.07, 6.45) is 0. The Kier molecular flexibility index (Phi) is 11.9. The molecule has 11 heteroatoms. The zero-order chi connectivity index (χ0) is 7.71. The van der Waals surface area contributed by atoms with Crippen molar-refractivity contribution < 1.29 is 61.9 Å². The quantitative estimate of drug-likeness (QED) is 0.352. The van der Waals surface area contributed by atoms with Crippen molar-refractivity contribution in [3.8, 4) is 0 Å². The molecule has 0 aromatic heterocycles. The van der Waals surface area contributed by atoms with E-state index in [0.29, 0.717) is 0 Å². The van der Waals surface area contributed by atoms with Crippen molar-refractivity contribution in [1.29, 1.82) is 0 Å². The van der Waals surface area contributed by atoms with E-state index in [9.17, 15) is 28.0 Å². The van der Waals surface area contributed by atoms with E-state index in [0.717, 1.165) is 0 Å². The molecule has 0 N–H and O–H groups in total. The van der Waals surface area contributed by atoms with Crippen LogP contribution >= 0.6 is 15.7 Å². The van der Waals surface area contributed by atoms with Gasteiger partial charge in [-0.3, -0.25) is 8.88 Å². The average Bonchev–Trinajstić information content (AvgIpc) is 1.14. The van der Waals surface area contributed by atoms with Crippen LogP contribution in [0.5, 0.6) is 0 Å². The first-order valence-electron chi connectivity index (χ1n) is 1.45. The maximum atomic E-state index is 11.1. The van der Waals surface area contributed by atoms with E-state index in [1.165, 1.54) is 0 Å². The molecule has 0 radical (unpaired) electrons. The molecule has 11 heavy (non-hydrogen) atoms. The van der Waals surface area contributed by atoms with Crippen molar-refractivity contribution >= 4 is 53.5 Å². The fourth-order valence-electron chi connectivity index (χ4n) is 0.119. The molecule has 0 saturated heterocycles. The molecular formula is CaFNaO6P2. The number of phosphoric acid groups is 1. The SMILES string of the molecule is O=P([O-])([O-])OP(=O)([O-])F.[Ca+2].[Na+]. The van der Waals surface area contributed by atoms with Crippen LogP contribution in [0.4, 0.5) is 4.20 Å². The number of hydrogen-bond donors (Lipinski definition) is 0. The van der Waals surface area contributed by atoms with E-state index in [1.54, 1.807) is 0 Å². The summed E-state index contributed by atoms with van der Waals surface area (Å²) in [6, 6.07) is 0. The fraction of sp³-hybridized carbons (Fsp3) is 0. The topological polar surface area (TPSA) is 113 Å². The van der Waals surface area contributed by atoms with Gasteiger partial charge in [-0.25, -0.2) is 0 Å². The molecule has 0 aliphatic rings. The molecule has 56 valence electrons. The van der Waals surface area contributed by atoms with Gasteiger partial charge >= 0.3 is 75.2 Å². The van der Waals surface area contributed by atoms with Crippen LogP contribution in [-0.4, -0.2) is 37.7 Å². The van der Waals surface area contributed by atoms with Crippen LogP contribution in [-0.2, 0) is 13.4 Å². The van der Waals surface area contributed by atoms with Gasteiger partial charge in [0.25, 0.3) is 0 Å². The molecule has 0 heterocycles. The maximum Gasteiger partial charge on any atom is 2.00 e. The Balaban J connectivity index is -0.000000320. The first-order chi connectivity index (χ1) is 3.71. The van der Waals surface area contributed by atoms with Gasteiger partial charge in [-0.15, -0.1) is 0 Å². The van der Waals surface area contributed by atoms with Crippen LogP contribution in [0.15, 0.2) is 0 Å². The minimum absolute atomic E-state index is 0. The van der Waals surface area contributed by atoms with Crippen molar-refractivity contribution in [2.45, 2.75) is 0 Å². The van der Waals surface area contributed by atoms with Gasteiger partial charge in [-0.1, -0.05) is 0 Å². The summed E-state index contributed by atoms with van der Waals surface area (Å²) in [6.45, 7) is 0. The predicted molar refractivity (Wildman–Crippen MR) is 23.2 cm³/mol. The van der Waals surface area contributed by atoms with Gasteiger partial charge in [0.15, 0.2) is 0 Å². The predicted octanol–water partition coefficient (Wildman–Crippen LogP) is -5.11. The largest absolute Gasteiger partial charge is 2.00 e. The van der Waals surface area contributed by atoms with Crippen molar-refractivity contribution in [2.24, 2.45) is 0 Å². The van der Waals surface area contributed by atoms with Crippen molar-refractivity contribution in [3.63, 3.8) is 0 Å². The zero-order valence-corrected chi connectivity index (χ0v) is 11.4. The smallest absolute Gasteiger partial charge is 0.790 e. The second kappa shape index (κ2) is 6.87. The van der Waals surface area contributed by atoms with Gasteiger partial charge in [0.2, 0.25) is 0 Å². The van der Waals surface area contributed by atoms with Crippen LogP contribution in [0.2, 0.25) is 0 Å². The van der Waals surface area contributed by atoms with Crippen LogP contribution in [0.1, 0.15) is 0 Å². The van der Waals surface area contributed by atoms with Gasteiger partial charge in [0, 0.05) is 0 Å². The minimum atomic E-state index is -5.93. The normalized spacial score (nSPS) is 15.6. The van der Waals surface area contributed by atoms with Gasteiger partial charge in [0.05, 0.1) is 7.82 Å². The number of hydrogen-bond acceptors (Lipinski definition) is 6. The Morgan fingerprint density at radius 1 is 1.18 bits per heavy atom. The molecule has 0 rings (SSSR count). The number of halogens is 1. The van der Waals surface area contributed by atoms with E-state index in [2.05, 4.69) is 4.31 Å². The Morgan fingerprint density at radius 3 is 1.45 bits per heavy atom. The third-order valence-electron chi connectivity index (χ3n) is 0.198. The molecule has 0 aromatic carbocycles. The molecule has 0 aliphatic carbocycles. The zero-order valence-electron chi connectivity index (χ0n) is 5.43. The molecule has 1 atom stereocenters. The Hall–Kier alpha value is 2.49. The van der Waals surface area contributed by atoms with Gasteiger partial charge in [-0.2, -0.15) is 4.20 Å². The molecule has 0 spiro atoms. The third kappa shape index (κ3) is 19.1. The second-order valence-corrected chi connectivity index (χ2v) is 3.37. The summed E-state index contributed by atoms with van der Waals surface area (Å²) in [5.41, 5.74) is 0. The average molecular weight is 240 g/mol. The summed E-state index contributed by atoms with van der Waals surface area (Å²) < 4.78 is 32.0. The van der Waals surface area contributed by atoms with Crippen molar-refractivity contribution in [3.05, 3.63) is 0 Å². The minimum Gasteiger partial charge on any atom is -0.790 e. The molecule has 0 aliphatic heterocycles. The first-order valence-corrected chi connectivity index (χ1v) is 4.34. The van der Waals surface area contributed by atoms with Gasteiger partial charge in [0.1, 0.15) is 0 Å². The van der Waals surface area contributed by atoms with Crippen LogP contribution in [0.25, 0.3) is 0 Å². The Bertz CT molecular complexity index is 161. The molecule has 0 aromatic rings. The molecular weight excluding hydrogens is 240 g/mol. The first kappa shape index (κ1) is 19.1. The van der Waals surface area contributed by atoms with Gasteiger partial charge < -0.3 is 19.2 Å². The fourth-order valence-corrected chi connectivity index (χ4v) is 1.08. The second-order valence-electron chi connectivity index (χ2n) is 0.959. The summed E-state index contributed by atoms with van der Waals surface area (Å²) >= 11 is 0. The van der Waals surface area contributed by atoms with Crippen LogP contribution in [0.3, 0.4) is 0 Å². The van der Waals surface area contributed by atoms with Crippen molar-refractivity contribution in [1.82, 2.24) is 0 Å². The van der Waals surface area contributed by atoms with Crippen LogP contribution < -0.4 is 44.2 Å². The number of rotatable bonds is 2. The molecule has 0 fully saturated rings. The standard InChI is InChI=1S/Ca.FH3O6P2.Na/c;1-8(2,3)7-9(4,5)6;/h;(H,2,3)(H2,4,5,6);/q+2;;+1/p-3. The molecule has 0 bridgehead atoms. The molecule has 6 nitrogen and oxygen atoms in total.